The molecule has 1 aromatic carbocycles. The summed E-state index contributed by atoms with van der Waals surface area (Å²) in [5.74, 6) is -1.66. The van der Waals surface area contributed by atoms with Gasteiger partial charge in [-0.15, -0.1) is 0 Å². The number of carbonyl (C=O) groups excluding carboxylic acids is 4. The third-order valence-electron chi connectivity index (χ3n) is 4.90. The van der Waals surface area contributed by atoms with E-state index in [1.807, 2.05) is 18.2 Å². The maximum Gasteiger partial charge on any atom is 0.267 e. The summed E-state index contributed by atoms with van der Waals surface area (Å²) < 4.78 is 0. The number of primary amides is 1. The van der Waals surface area contributed by atoms with Crippen molar-refractivity contribution in [2.45, 2.75) is 25.3 Å². The Bertz CT molecular complexity index is 1030. The van der Waals surface area contributed by atoms with Gasteiger partial charge in [-0.05, 0) is 42.2 Å². The number of rotatable bonds is 6. The predicted octanol–water partition coefficient (Wildman–Crippen LogP) is 1.31. The number of amides is 4. The summed E-state index contributed by atoms with van der Waals surface area (Å²) in [6.45, 7) is 0. The van der Waals surface area contributed by atoms with Crippen LogP contribution < -0.4 is 11.1 Å². The molecule has 0 aliphatic carbocycles. The molecule has 0 bridgehead atoms. The van der Waals surface area contributed by atoms with E-state index < -0.39 is 17.9 Å². The number of hydrogen-bond donors (Lipinski definition) is 2. The molecule has 1 saturated heterocycles. The Morgan fingerprint density at radius 3 is 2.80 bits per heavy atom. The second kappa shape index (κ2) is 9.13. The largest absolute Gasteiger partial charge is 0.364 e. The highest BCUT2D eigenvalue weighted by molar-refractivity contribution is 6.03. The summed E-state index contributed by atoms with van der Waals surface area (Å²) in [5, 5.41) is 2.26. The van der Waals surface area contributed by atoms with Crippen LogP contribution in [0, 0.1) is 0 Å². The first kappa shape index (κ1) is 20.9. The van der Waals surface area contributed by atoms with E-state index in [0.717, 1.165) is 5.56 Å². The Labute approximate surface area is 173 Å². The number of carbonyl (C=O) groups is 4. The minimum absolute atomic E-state index is 0.207. The number of likely N-dealkylation sites (N-methyl/N-ethyl adjacent to an activating group) is 1. The quantitative estimate of drug-likeness (QED) is 0.701. The number of nitrogens with one attached hydrogen (secondary N) is 1. The van der Waals surface area contributed by atoms with Crippen LogP contribution in [0.2, 0.25) is 0 Å². The highest BCUT2D eigenvalue weighted by Crippen LogP contribution is 2.16. The van der Waals surface area contributed by atoms with Crippen molar-refractivity contribution in [1.29, 1.82) is 0 Å². The zero-order valence-corrected chi connectivity index (χ0v) is 16.5. The maximum atomic E-state index is 12.8. The molecule has 1 atom stereocenters. The molecule has 3 rings (SSSR count). The molecule has 3 N–H and O–H groups in total. The van der Waals surface area contributed by atoms with E-state index in [1.165, 1.54) is 11.1 Å². The van der Waals surface area contributed by atoms with Gasteiger partial charge >= 0.3 is 0 Å². The lowest BCUT2D eigenvalue weighted by atomic mass is 10.0. The zero-order chi connectivity index (χ0) is 21.7. The smallest absolute Gasteiger partial charge is 0.267 e. The van der Waals surface area contributed by atoms with E-state index in [4.69, 9.17) is 5.73 Å². The third kappa shape index (κ3) is 4.78. The van der Waals surface area contributed by atoms with Gasteiger partial charge in [-0.3, -0.25) is 29.5 Å². The molecule has 8 nitrogen and oxygen atoms in total. The molecular formula is C22H22N4O4. The molecule has 1 fully saturated rings. The van der Waals surface area contributed by atoms with E-state index in [0.29, 0.717) is 24.0 Å². The first-order valence-electron chi connectivity index (χ1n) is 9.48. The average Bonchev–Trinajstić information content (AvgIpc) is 2.73. The Kier molecular flexibility index (Phi) is 6.36. The number of piperidine rings is 1. The van der Waals surface area contributed by atoms with Crippen LogP contribution in [0.1, 0.15) is 44.8 Å². The van der Waals surface area contributed by atoms with Crippen LogP contribution in [-0.2, 0) is 16.0 Å². The number of pyridine rings is 1. The van der Waals surface area contributed by atoms with E-state index in [-0.39, 0.29) is 23.9 Å². The lowest BCUT2D eigenvalue weighted by Crippen LogP contribution is -2.52. The molecule has 1 aromatic heterocycles. The van der Waals surface area contributed by atoms with E-state index >= 15 is 0 Å². The number of nitrogens with zero attached hydrogens (tertiary/aromatic N) is 2. The van der Waals surface area contributed by atoms with Gasteiger partial charge in [-0.2, -0.15) is 0 Å². The fraction of sp³-hybridized carbons (Fsp3) is 0.227. The second-order valence-corrected chi connectivity index (χ2v) is 6.99. The highest BCUT2D eigenvalue weighted by atomic mass is 16.2. The number of allylic oxidation sites excluding steroid dienone is 1. The summed E-state index contributed by atoms with van der Waals surface area (Å²) in [5.41, 5.74) is 7.52. The highest BCUT2D eigenvalue weighted by Gasteiger charge is 2.32. The van der Waals surface area contributed by atoms with E-state index in [1.54, 1.807) is 37.4 Å². The SMILES string of the molecule is CN(C(=O)c1cccc(C=CCc2cccnc2C(N)=O)c1)C1CCC(=O)NC1=O. The molecule has 8 heteroatoms. The molecule has 0 saturated carbocycles. The van der Waals surface area contributed by atoms with Gasteiger partial charge in [-0.25, -0.2) is 0 Å². The molecule has 1 aliphatic heterocycles. The number of nitrogens with two attached hydrogens (primary N) is 1. The van der Waals surface area contributed by atoms with Crippen LogP contribution in [0.3, 0.4) is 0 Å². The molecule has 154 valence electrons. The molecule has 2 heterocycles. The molecule has 0 radical (unpaired) electrons. The molecule has 4 amide bonds. The van der Waals surface area contributed by atoms with Crippen molar-refractivity contribution in [1.82, 2.24) is 15.2 Å². The van der Waals surface area contributed by atoms with Crippen LogP contribution in [0.4, 0.5) is 0 Å². The first-order valence-corrected chi connectivity index (χ1v) is 9.48. The Morgan fingerprint density at radius 1 is 1.27 bits per heavy atom. The van der Waals surface area contributed by atoms with Crippen LogP contribution in [0.25, 0.3) is 6.08 Å². The fourth-order valence-corrected chi connectivity index (χ4v) is 3.32. The van der Waals surface area contributed by atoms with Crippen LogP contribution >= 0.6 is 0 Å². The van der Waals surface area contributed by atoms with Gasteiger partial charge in [0.1, 0.15) is 11.7 Å². The second-order valence-electron chi connectivity index (χ2n) is 6.99. The zero-order valence-electron chi connectivity index (χ0n) is 16.5. The van der Waals surface area contributed by atoms with Crippen LogP contribution in [0.15, 0.2) is 48.7 Å². The topological polar surface area (TPSA) is 122 Å². The summed E-state index contributed by atoms with van der Waals surface area (Å²) in [6.07, 6.45) is 6.18. The maximum absolute atomic E-state index is 12.8. The van der Waals surface area contributed by atoms with Gasteiger partial charge in [0.05, 0.1) is 0 Å². The van der Waals surface area contributed by atoms with Gasteiger partial charge in [0.25, 0.3) is 11.8 Å². The van der Waals surface area contributed by atoms with Gasteiger partial charge in [0.15, 0.2) is 0 Å². The Balaban J connectivity index is 1.71. The molecule has 0 spiro atoms. The number of aromatic nitrogens is 1. The van der Waals surface area contributed by atoms with Crippen molar-refractivity contribution in [3.63, 3.8) is 0 Å². The normalized spacial score (nSPS) is 16.4. The lowest BCUT2D eigenvalue weighted by Gasteiger charge is -2.29. The van der Waals surface area contributed by atoms with Crippen molar-refractivity contribution in [3.05, 3.63) is 71.1 Å². The number of hydrogen-bond acceptors (Lipinski definition) is 5. The molecule has 2 aromatic rings. The Morgan fingerprint density at radius 2 is 2.07 bits per heavy atom. The lowest BCUT2D eigenvalue weighted by molar-refractivity contribution is -0.136. The van der Waals surface area contributed by atoms with Gasteiger partial charge in [-0.1, -0.05) is 30.4 Å². The molecule has 1 unspecified atom stereocenters. The number of imide groups is 1. The van der Waals surface area contributed by atoms with E-state index in [2.05, 4.69) is 10.3 Å². The van der Waals surface area contributed by atoms with Crippen LogP contribution in [-0.4, -0.2) is 46.6 Å². The molecular weight excluding hydrogens is 384 g/mol. The van der Waals surface area contributed by atoms with Crippen molar-refractivity contribution in [2.24, 2.45) is 5.73 Å². The third-order valence-corrected chi connectivity index (χ3v) is 4.90. The van der Waals surface area contributed by atoms with Gasteiger partial charge < -0.3 is 10.6 Å². The van der Waals surface area contributed by atoms with Gasteiger partial charge in [0.2, 0.25) is 11.8 Å². The summed E-state index contributed by atoms with van der Waals surface area (Å²) in [4.78, 5) is 53.0. The predicted molar refractivity (Wildman–Crippen MR) is 110 cm³/mol. The minimum atomic E-state index is -0.674. The van der Waals surface area contributed by atoms with Crippen molar-refractivity contribution in [2.75, 3.05) is 7.05 Å². The molecule has 1 aliphatic rings. The van der Waals surface area contributed by atoms with Gasteiger partial charge in [0, 0.05) is 25.2 Å². The minimum Gasteiger partial charge on any atom is -0.364 e. The fourth-order valence-electron chi connectivity index (χ4n) is 3.32. The van der Waals surface area contributed by atoms with Crippen molar-refractivity contribution in [3.8, 4) is 0 Å². The average molecular weight is 406 g/mol. The summed E-state index contributed by atoms with van der Waals surface area (Å²) in [7, 11) is 1.55. The molecule has 30 heavy (non-hydrogen) atoms. The van der Waals surface area contributed by atoms with E-state index in [9.17, 15) is 19.2 Å². The summed E-state index contributed by atoms with van der Waals surface area (Å²) >= 11 is 0. The summed E-state index contributed by atoms with van der Waals surface area (Å²) in [6, 6.07) is 9.84. The first-order chi connectivity index (χ1) is 14.4. The van der Waals surface area contributed by atoms with Crippen molar-refractivity contribution >= 4 is 29.7 Å². The number of benzene rings is 1. The van der Waals surface area contributed by atoms with Crippen molar-refractivity contribution < 1.29 is 19.2 Å². The Hall–Kier alpha value is -3.81. The van der Waals surface area contributed by atoms with Crippen LogP contribution in [0.5, 0.6) is 0 Å². The standard InChI is InChI=1S/C22H22N4O4/c1-26(17-10-11-18(27)25-21(17)29)22(30)16-8-3-6-14(13-16)5-2-7-15-9-4-12-24-19(15)20(23)28/h2-6,8-9,12-13,17H,7,10-11H2,1H3,(H2,23,28)(H,25,27,29). The monoisotopic (exact) mass is 406 g/mol.